The minimum absolute atomic E-state index is 0.107. The van der Waals surface area contributed by atoms with Crippen LogP contribution in [-0.4, -0.2) is 42.0 Å². The summed E-state index contributed by atoms with van der Waals surface area (Å²) in [6, 6.07) is 19.8. The summed E-state index contributed by atoms with van der Waals surface area (Å²) in [6.45, 7) is 2.39. The Morgan fingerprint density at radius 1 is 1.03 bits per heavy atom. The van der Waals surface area contributed by atoms with Gasteiger partial charge in [0.2, 0.25) is 0 Å². The maximum Gasteiger partial charge on any atom is 0.322 e. The summed E-state index contributed by atoms with van der Waals surface area (Å²) in [5.74, 6) is -0.0790. The van der Waals surface area contributed by atoms with Crippen molar-refractivity contribution in [1.82, 2.24) is 15.5 Å². The lowest BCUT2D eigenvalue weighted by Gasteiger charge is -2.40. The Labute approximate surface area is 188 Å². The Morgan fingerprint density at radius 3 is 2.29 bits per heavy atom. The number of hydrogen-bond acceptors (Lipinski definition) is 3. The van der Waals surface area contributed by atoms with Crippen molar-refractivity contribution in [1.29, 1.82) is 0 Å². The molecule has 2 heterocycles. The third-order valence-electron chi connectivity index (χ3n) is 6.40. The molecule has 4 rings (SSSR count). The summed E-state index contributed by atoms with van der Waals surface area (Å²) >= 11 is 6.50. The highest BCUT2D eigenvalue weighted by Gasteiger charge is 2.51. The Balaban J connectivity index is 1.39. The van der Waals surface area contributed by atoms with Crippen LogP contribution in [0.15, 0.2) is 65.7 Å². The topological polar surface area (TPSA) is 61.4 Å². The van der Waals surface area contributed by atoms with Gasteiger partial charge in [-0.15, -0.1) is 0 Å². The molecule has 3 amide bonds. The van der Waals surface area contributed by atoms with Crippen LogP contribution in [0.5, 0.6) is 0 Å². The predicted molar refractivity (Wildman–Crippen MR) is 124 cm³/mol. The molecule has 2 aromatic rings. The van der Waals surface area contributed by atoms with Crippen LogP contribution >= 0.6 is 11.6 Å². The Hall–Kier alpha value is -2.63. The third kappa shape index (κ3) is 5.17. The number of carbonyl (C=O) groups is 2. The first-order valence-electron chi connectivity index (χ1n) is 10.9. The van der Waals surface area contributed by atoms with Gasteiger partial charge in [0.25, 0.3) is 5.91 Å². The van der Waals surface area contributed by atoms with Crippen LogP contribution in [0, 0.1) is 5.92 Å². The third-order valence-corrected chi connectivity index (χ3v) is 6.63. The standard InChI is InChI=1S/C25H28ClN3O2/c26-22(17-20-9-5-2-6-10-20)18-29-15-12-21(13-16-29)25(23(30)27-24(31)28-25)14-11-19-7-3-1-4-8-19/h1-10,17,21H,11-16,18H2,(H2,27,28,30,31). The van der Waals surface area contributed by atoms with Crippen molar-refractivity contribution >= 4 is 29.6 Å². The van der Waals surface area contributed by atoms with E-state index in [1.54, 1.807) is 0 Å². The molecule has 0 aromatic heterocycles. The molecule has 2 aliphatic heterocycles. The number of halogens is 1. The van der Waals surface area contributed by atoms with Gasteiger partial charge in [-0.25, -0.2) is 4.79 Å². The van der Waals surface area contributed by atoms with E-state index in [0.717, 1.165) is 42.9 Å². The summed E-state index contributed by atoms with van der Waals surface area (Å²) in [7, 11) is 0. The van der Waals surface area contributed by atoms with Gasteiger partial charge in [0.15, 0.2) is 0 Å². The maximum absolute atomic E-state index is 12.9. The molecule has 6 heteroatoms. The van der Waals surface area contributed by atoms with Crippen LogP contribution in [0.4, 0.5) is 4.79 Å². The fraction of sp³-hybridized carbons (Fsp3) is 0.360. The van der Waals surface area contributed by atoms with Crippen LogP contribution in [0.25, 0.3) is 6.08 Å². The number of hydrogen-bond donors (Lipinski definition) is 2. The lowest BCUT2D eigenvalue weighted by atomic mass is 9.74. The van der Waals surface area contributed by atoms with Crippen molar-refractivity contribution in [3.63, 3.8) is 0 Å². The van der Waals surface area contributed by atoms with Crippen molar-refractivity contribution in [2.45, 2.75) is 31.2 Å². The Morgan fingerprint density at radius 2 is 1.68 bits per heavy atom. The first-order chi connectivity index (χ1) is 15.0. The molecule has 2 aromatic carbocycles. The van der Waals surface area contributed by atoms with Crippen LogP contribution in [0.2, 0.25) is 0 Å². The largest absolute Gasteiger partial charge is 0.323 e. The molecule has 31 heavy (non-hydrogen) atoms. The number of nitrogens with one attached hydrogen (secondary N) is 2. The number of rotatable bonds is 7. The van der Waals surface area contributed by atoms with Crippen LogP contribution in [-0.2, 0) is 11.2 Å². The van der Waals surface area contributed by atoms with Crippen molar-refractivity contribution in [2.75, 3.05) is 19.6 Å². The quantitative estimate of drug-likeness (QED) is 0.638. The van der Waals surface area contributed by atoms with Gasteiger partial charge in [-0.05, 0) is 61.9 Å². The molecule has 5 nitrogen and oxygen atoms in total. The molecule has 2 saturated heterocycles. The van der Waals surface area contributed by atoms with Crippen LogP contribution in [0.3, 0.4) is 0 Å². The minimum Gasteiger partial charge on any atom is -0.323 e. The molecule has 1 unspecified atom stereocenters. The monoisotopic (exact) mass is 437 g/mol. The molecule has 0 bridgehead atoms. The van der Waals surface area contributed by atoms with E-state index in [-0.39, 0.29) is 17.9 Å². The van der Waals surface area contributed by atoms with Crippen molar-refractivity contribution in [2.24, 2.45) is 5.92 Å². The van der Waals surface area contributed by atoms with E-state index in [2.05, 4.69) is 27.7 Å². The Bertz CT molecular complexity index is 940. The normalized spacial score (nSPS) is 22.9. The number of carbonyl (C=O) groups excluding carboxylic acids is 2. The van der Waals surface area contributed by atoms with E-state index < -0.39 is 5.54 Å². The van der Waals surface area contributed by atoms with Crippen LogP contribution < -0.4 is 10.6 Å². The lowest BCUT2D eigenvalue weighted by Crippen LogP contribution is -2.56. The molecule has 0 spiro atoms. The molecule has 1 atom stereocenters. The number of imide groups is 1. The van der Waals surface area contributed by atoms with Gasteiger partial charge >= 0.3 is 6.03 Å². The summed E-state index contributed by atoms with van der Waals surface area (Å²) < 4.78 is 0. The molecular weight excluding hydrogens is 410 g/mol. The summed E-state index contributed by atoms with van der Waals surface area (Å²) in [4.78, 5) is 27.2. The van der Waals surface area contributed by atoms with Crippen molar-refractivity contribution < 1.29 is 9.59 Å². The van der Waals surface area contributed by atoms with Crippen molar-refractivity contribution in [3.8, 4) is 0 Å². The van der Waals surface area contributed by atoms with Gasteiger partial charge < -0.3 is 5.32 Å². The molecular formula is C25H28ClN3O2. The summed E-state index contributed by atoms with van der Waals surface area (Å²) in [5.41, 5.74) is 1.43. The molecule has 0 radical (unpaired) electrons. The molecule has 162 valence electrons. The molecule has 2 aliphatic rings. The van der Waals surface area contributed by atoms with Gasteiger partial charge in [-0.2, -0.15) is 0 Å². The highest BCUT2D eigenvalue weighted by Crippen LogP contribution is 2.35. The second-order valence-corrected chi connectivity index (χ2v) is 8.90. The van der Waals surface area contributed by atoms with E-state index in [0.29, 0.717) is 13.0 Å². The first-order valence-corrected chi connectivity index (χ1v) is 11.2. The zero-order chi connectivity index (χ0) is 21.7. The summed E-state index contributed by atoms with van der Waals surface area (Å²) in [5, 5.41) is 6.27. The summed E-state index contributed by atoms with van der Waals surface area (Å²) in [6.07, 6.45) is 5.05. The first kappa shape index (κ1) is 21.6. The van der Waals surface area contributed by atoms with E-state index >= 15 is 0 Å². The van der Waals surface area contributed by atoms with Gasteiger partial charge in [0.05, 0.1) is 0 Å². The van der Waals surface area contributed by atoms with Crippen molar-refractivity contribution in [3.05, 3.63) is 76.8 Å². The smallest absolute Gasteiger partial charge is 0.322 e. The molecule has 2 N–H and O–H groups in total. The highest BCUT2D eigenvalue weighted by atomic mass is 35.5. The second kappa shape index (κ2) is 9.67. The average molecular weight is 438 g/mol. The number of aryl methyl sites for hydroxylation is 1. The zero-order valence-electron chi connectivity index (χ0n) is 17.5. The van der Waals surface area contributed by atoms with Gasteiger partial charge in [-0.3, -0.25) is 15.0 Å². The maximum atomic E-state index is 12.9. The SMILES string of the molecule is O=C1NC(=O)C(CCc2ccccc2)(C2CCN(CC(Cl)=Cc3ccccc3)CC2)N1. The zero-order valence-corrected chi connectivity index (χ0v) is 18.3. The van der Waals surface area contributed by atoms with E-state index in [4.69, 9.17) is 11.6 Å². The van der Waals surface area contributed by atoms with Gasteiger partial charge in [0.1, 0.15) is 5.54 Å². The number of amides is 3. The van der Waals surface area contributed by atoms with E-state index in [1.165, 1.54) is 5.56 Å². The average Bonchev–Trinajstić information content (AvgIpc) is 3.08. The number of urea groups is 1. The minimum atomic E-state index is -0.831. The number of nitrogens with zero attached hydrogens (tertiary/aromatic N) is 1. The highest BCUT2D eigenvalue weighted by molar-refractivity contribution is 6.31. The second-order valence-electron chi connectivity index (χ2n) is 8.42. The molecule has 0 saturated carbocycles. The fourth-order valence-electron chi connectivity index (χ4n) is 4.73. The molecule has 0 aliphatic carbocycles. The number of piperidine rings is 1. The predicted octanol–water partition coefficient (Wildman–Crippen LogP) is 4.19. The number of likely N-dealkylation sites (tertiary alicyclic amines) is 1. The fourth-order valence-corrected chi connectivity index (χ4v) is 5.03. The van der Waals surface area contributed by atoms with Crippen LogP contribution in [0.1, 0.15) is 30.4 Å². The van der Waals surface area contributed by atoms with Gasteiger partial charge in [0, 0.05) is 11.6 Å². The Kier molecular flexibility index (Phi) is 6.73. The van der Waals surface area contributed by atoms with Gasteiger partial charge in [-0.1, -0.05) is 72.3 Å². The van der Waals surface area contributed by atoms with E-state index in [9.17, 15) is 9.59 Å². The molecule has 2 fully saturated rings. The number of benzene rings is 2. The van der Waals surface area contributed by atoms with E-state index in [1.807, 2.05) is 54.6 Å². The lowest BCUT2D eigenvalue weighted by molar-refractivity contribution is -0.127.